The van der Waals surface area contributed by atoms with Crippen molar-refractivity contribution in [3.63, 3.8) is 0 Å². The molecule has 0 saturated heterocycles. The second-order valence-corrected chi connectivity index (χ2v) is 8.95. The molecule has 12 heteroatoms. The van der Waals surface area contributed by atoms with Crippen LogP contribution in [0.4, 0.5) is 34.1 Å². The Morgan fingerprint density at radius 2 is 1.60 bits per heavy atom. The van der Waals surface area contributed by atoms with Crippen molar-refractivity contribution in [1.29, 1.82) is 0 Å². The van der Waals surface area contributed by atoms with E-state index in [0.29, 0.717) is 30.0 Å². The number of hydrogen-bond donors (Lipinski definition) is 4. The monoisotopic (exact) mass is 498 g/mol. The Labute approximate surface area is 202 Å². The number of nitrogens with zero attached hydrogens (tertiary/aromatic N) is 4. The zero-order valence-corrected chi connectivity index (χ0v) is 20.0. The Balaban J connectivity index is 2.11. The fraction of sp³-hybridized carbons (Fsp3) is 0.217. The third-order valence-corrected chi connectivity index (χ3v) is 6.00. The van der Waals surface area contributed by atoms with E-state index in [-0.39, 0.29) is 29.4 Å². The summed E-state index contributed by atoms with van der Waals surface area (Å²) in [5.41, 5.74) is 14.1. The number of nitrogens with two attached hydrogens (primary N) is 2. The second kappa shape index (κ2) is 11.0. The van der Waals surface area contributed by atoms with Gasteiger partial charge in [0, 0.05) is 6.61 Å². The summed E-state index contributed by atoms with van der Waals surface area (Å²) < 4.78 is 38.9. The Bertz CT molecular complexity index is 1390. The molecule has 3 rings (SSSR count). The van der Waals surface area contributed by atoms with E-state index in [1.54, 1.807) is 24.3 Å². The number of benzene rings is 3. The Hall–Kier alpha value is -3.87. The maximum Gasteiger partial charge on any atom is 0.296 e. The first-order valence-corrected chi connectivity index (χ1v) is 12.0. The molecule has 0 aliphatic carbocycles. The van der Waals surface area contributed by atoms with Crippen LogP contribution in [0.2, 0.25) is 0 Å². The van der Waals surface area contributed by atoms with Gasteiger partial charge < -0.3 is 21.3 Å². The van der Waals surface area contributed by atoms with E-state index < -0.39 is 15.0 Å². The smallest absolute Gasteiger partial charge is 0.296 e. The minimum atomic E-state index is -4.73. The summed E-state index contributed by atoms with van der Waals surface area (Å²) in [7, 11) is -3.26. The van der Waals surface area contributed by atoms with Gasteiger partial charge in [-0.05, 0) is 55.2 Å². The van der Waals surface area contributed by atoms with Crippen molar-refractivity contribution in [2.75, 3.05) is 25.2 Å². The SMILES string of the molecule is COc1ccc(CCCO)cc1N=Nc1cc(S(=O)(=O)O)c(N)c(N=Nc2ccccc2C)c1N. The largest absolute Gasteiger partial charge is 0.494 e. The molecule has 0 bridgehead atoms. The number of aliphatic hydroxyl groups is 1. The molecule has 0 unspecified atom stereocenters. The predicted octanol–water partition coefficient (Wildman–Crippen LogP) is 5.17. The summed E-state index contributed by atoms with van der Waals surface area (Å²) in [6.07, 6.45) is 1.18. The maximum atomic E-state index is 12.0. The Morgan fingerprint density at radius 1 is 0.914 bits per heavy atom. The molecule has 6 N–H and O–H groups in total. The van der Waals surface area contributed by atoms with Gasteiger partial charge >= 0.3 is 0 Å². The molecule has 0 amide bonds. The third kappa shape index (κ3) is 6.18. The number of aliphatic hydroxyl groups excluding tert-OH is 1. The van der Waals surface area contributed by atoms with Gasteiger partial charge in [-0.2, -0.15) is 13.5 Å². The van der Waals surface area contributed by atoms with Crippen LogP contribution in [0.25, 0.3) is 0 Å². The van der Waals surface area contributed by atoms with Crippen LogP contribution in [-0.2, 0) is 16.5 Å². The quantitative estimate of drug-likeness (QED) is 0.178. The summed E-state index contributed by atoms with van der Waals surface area (Å²) in [5.74, 6) is 0.421. The van der Waals surface area contributed by atoms with Gasteiger partial charge in [-0.1, -0.05) is 24.3 Å². The average Bonchev–Trinajstić information content (AvgIpc) is 2.82. The number of rotatable bonds is 9. The lowest BCUT2D eigenvalue weighted by Crippen LogP contribution is -2.05. The number of anilines is 2. The molecule has 0 aromatic heterocycles. The molecule has 0 spiro atoms. The summed E-state index contributed by atoms with van der Waals surface area (Å²) in [6.45, 7) is 1.88. The van der Waals surface area contributed by atoms with Crippen LogP contribution in [0, 0.1) is 6.92 Å². The molecular formula is C23H26N6O5S. The van der Waals surface area contributed by atoms with Crippen molar-refractivity contribution in [3.8, 4) is 5.75 Å². The molecule has 0 saturated carbocycles. The molecular weight excluding hydrogens is 472 g/mol. The van der Waals surface area contributed by atoms with Crippen molar-refractivity contribution in [2.24, 2.45) is 20.5 Å². The average molecular weight is 499 g/mol. The normalized spacial score (nSPS) is 12.0. The van der Waals surface area contributed by atoms with E-state index in [0.717, 1.165) is 17.2 Å². The molecule has 0 aliphatic heterocycles. The van der Waals surface area contributed by atoms with Gasteiger partial charge in [-0.15, -0.1) is 15.3 Å². The van der Waals surface area contributed by atoms with Gasteiger partial charge in [0.05, 0.1) is 24.2 Å². The van der Waals surface area contributed by atoms with Crippen LogP contribution < -0.4 is 16.2 Å². The molecule has 0 fully saturated rings. The molecule has 0 radical (unpaired) electrons. The van der Waals surface area contributed by atoms with E-state index in [2.05, 4.69) is 20.5 Å². The molecule has 0 aliphatic rings. The van der Waals surface area contributed by atoms with Crippen LogP contribution >= 0.6 is 0 Å². The van der Waals surface area contributed by atoms with Gasteiger partial charge in [0.15, 0.2) is 0 Å². The molecule has 0 atom stereocenters. The topological polar surface area (TPSA) is 185 Å². The van der Waals surface area contributed by atoms with E-state index in [1.807, 2.05) is 25.1 Å². The number of aryl methyl sites for hydroxylation is 2. The van der Waals surface area contributed by atoms with Gasteiger partial charge in [0.1, 0.15) is 27.7 Å². The minimum absolute atomic E-state index is 0.0447. The Kier molecular flexibility index (Phi) is 8.12. The van der Waals surface area contributed by atoms with Crippen molar-refractivity contribution >= 4 is 44.2 Å². The first-order valence-electron chi connectivity index (χ1n) is 10.5. The molecule has 184 valence electrons. The fourth-order valence-corrected chi connectivity index (χ4v) is 3.84. The highest BCUT2D eigenvalue weighted by molar-refractivity contribution is 7.86. The number of methoxy groups -OCH3 is 1. The van der Waals surface area contributed by atoms with Gasteiger partial charge in [-0.25, -0.2) is 0 Å². The van der Waals surface area contributed by atoms with E-state index in [4.69, 9.17) is 21.3 Å². The highest BCUT2D eigenvalue weighted by Crippen LogP contribution is 2.43. The Morgan fingerprint density at radius 3 is 2.26 bits per heavy atom. The number of nitrogen functional groups attached to an aromatic ring is 2. The van der Waals surface area contributed by atoms with Crippen LogP contribution in [0.3, 0.4) is 0 Å². The minimum Gasteiger partial charge on any atom is -0.494 e. The first kappa shape index (κ1) is 25.7. The van der Waals surface area contributed by atoms with Crippen LogP contribution in [0.15, 0.2) is 73.9 Å². The lowest BCUT2D eigenvalue weighted by atomic mass is 10.1. The highest BCUT2D eigenvalue weighted by atomic mass is 32.2. The predicted molar refractivity (Wildman–Crippen MR) is 133 cm³/mol. The zero-order chi connectivity index (χ0) is 25.6. The van der Waals surface area contributed by atoms with Gasteiger partial charge in [-0.3, -0.25) is 4.55 Å². The number of hydrogen-bond acceptors (Lipinski definition) is 10. The summed E-state index contributed by atoms with van der Waals surface area (Å²) >= 11 is 0. The summed E-state index contributed by atoms with van der Waals surface area (Å²) in [4.78, 5) is -0.622. The van der Waals surface area contributed by atoms with E-state index >= 15 is 0 Å². The standard InChI is InChI=1S/C23H26N6O5S/c1-14-6-3-4-8-16(14)26-29-23-21(24)18(13-20(22(23)25)35(31,32)33)28-27-17-12-15(7-5-11-30)9-10-19(17)34-2/h3-4,6,8-10,12-13,30H,5,7,11,24-25H2,1-2H3,(H,31,32,33). The third-order valence-electron chi connectivity index (χ3n) is 5.10. The van der Waals surface area contributed by atoms with Crippen LogP contribution in [0.1, 0.15) is 17.5 Å². The summed E-state index contributed by atoms with van der Waals surface area (Å²) in [5, 5.41) is 25.5. The molecule has 0 heterocycles. The zero-order valence-electron chi connectivity index (χ0n) is 19.2. The van der Waals surface area contributed by atoms with Gasteiger partial charge in [0.2, 0.25) is 0 Å². The van der Waals surface area contributed by atoms with Crippen LogP contribution in [-0.4, -0.2) is 31.8 Å². The molecule has 3 aromatic rings. The second-order valence-electron chi connectivity index (χ2n) is 7.56. The fourth-order valence-electron chi connectivity index (χ4n) is 3.21. The van der Waals surface area contributed by atoms with E-state index in [1.165, 1.54) is 7.11 Å². The van der Waals surface area contributed by atoms with Crippen LogP contribution in [0.5, 0.6) is 5.75 Å². The molecule has 11 nitrogen and oxygen atoms in total. The first-order chi connectivity index (χ1) is 16.7. The van der Waals surface area contributed by atoms with Crippen molar-refractivity contribution in [3.05, 3.63) is 59.7 Å². The molecule has 3 aromatic carbocycles. The van der Waals surface area contributed by atoms with Crippen molar-refractivity contribution in [1.82, 2.24) is 0 Å². The summed E-state index contributed by atoms with van der Waals surface area (Å²) in [6, 6.07) is 13.4. The highest BCUT2D eigenvalue weighted by Gasteiger charge is 2.22. The molecule has 35 heavy (non-hydrogen) atoms. The lowest BCUT2D eigenvalue weighted by molar-refractivity contribution is 0.288. The van der Waals surface area contributed by atoms with E-state index in [9.17, 15) is 13.0 Å². The number of azo groups is 2. The van der Waals surface area contributed by atoms with Crippen molar-refractivity contribution in [2.45, 2.75) is 24.7 Å². The lowest BCUT2D eigenvalue weighted by Gasteiger charge is -2.11. The maximum absolute atomic E-state index is 12.0. The van der Waals surface area contributed by atoms with Crippen molar-refractivity contribution < 1.29 is 22.8 Å². The van der Waals surface area contributed by atoms with Gasteiger partial charge in [0.25, 0.3) is 10.1 Å². The number of ether oxygens (including phenoxy) is 1.